The Kier molecular flexibility index (Phi) is 6.67. The zero-order chi connectivity index (χ0) is 13.0. The Morgan fingerprint density at radius 3 is 2.22 bits per heavy atom. The molecular formula is C14H20N2OS. The Morgan fingerprint density at radius 2 is 1.89 bits per heavy atom. The third kappa shape index (κ3) is 3.86. The number of nitrogens with one attached hydrogen (secondary N) is 1. The molecule has 1 aromatic rings. The Hall–Kier alpha value is -1.31. The van der Waals surface area contributed by atoms with Gasteiger partial charge in [-0.05, 0) is 63.1 Å². The number of Topliss-reactive ketones (excluding diaryl/α,β-unsaturated/α-hetero) is 1. The molecule has 0 amide bonds. The van der Waals surface area contributed by atoms with E-state index in [1.165, 1.54) is 0 Å². The van der Waals surface area contributed by atoms with Crippen molar-refractivity contribution in [1.29, 1.82) is 5.26 Å². The number of carbonyl (C=O) groups excluding carboxylic acids is 1. The summed E-state index contributed by atoms with van der Waals surface area (Å²) in [6.45, 7) is 5.56. The van der Waals surface area contributed by atoms with E-state index in [4.69, 9.17) is 5.26 Å². The molecule has 0 heterocycles. The topological polar surface area (TPSA) is 52.9 Å². The van der Waals surface area contributed by atoms with Crippen molar-refractivity contribution in [2.24, 2.45) is 0 Å². The van der Waals surface area contributed by atoms with Gasteiger partial charge >= 0.3 is 0 Å². The van der Waals surface area contributed by atoms with Crippen LogP contribution >= 0.6 is 13.5 Å². The summed E-state index contributed by atoms with van der Waals surface area (Å²) < 4.78 is 0. The van der Waals surface area contributed by atoms with Crippen molar-refractivity contribution < 1.29 is 4.79 Å². The van der Waals surface area contributed by atoms with E-state index in [0.29, 0.717) is 12.0 Å². The van der Waals surface area contributed by atoms with Crippen LogP contribution in [0.3, 0.4) is 0 Å². The lowest BCUT2D eigenvalue weighted by molar-refractivity contribution is -0.118. The summed E-state index contributed by atoms with van der Waals surface area (Å²) in [5.74, 6) is 0.135. The second kappa shape index (κ2) is 7.20. The van der Waals surface area contributed by atoms with Gasteiger partial charge in [0.25, 0.3) is 0 Å². The Bertz CT molecular complexity index is 454. The fraction of sp³-hybridized carbons (Fsp3) is 0.429. The smallest absolute Gasteiger partial charge is 0.147 e. The van der Waals surface area contributed by atoms with Crippen molar-refractivity contribution in [3.05, 3.63) is 34.4 Å². The van der Waals surface area contributed by atoms with E-state index in [1.54, 1.807) is 14.0 Å². The number of likely N-dealkylation sites (N-methyl/N-ethyl adjacent to an activating group) is 1. The molecule has 0 bridgehead atoms. The molecule has 0 unspecified atom stereocenters. The average molecular weight is 264 g/mol. The van der Waals surface area contributed by atoms with Gasteiger partial charge in [-0.15, -0.1) is 0 Å². The Morgan fingerprint density at radius 1 is 1.39 bits per heavy atom. The van der Waals surface area contributed by atoms with Crippen molar-refractivity contribution in [3.63, 3.8) is 0 Å². The molecule has 0 aliphatic carbocycles. The first-order valence-corrected chi connectivity index (χ1v) is 5.67. The minimum atomic E-state index is -0.152. The highest BCUT2D eigenvalue weighted by Crippen LogP contribution is 2.18. The van der Waals surface area contributed by atoms with E-state index in [-0.39, 0.29) is 25.3 Å². The largest absolute Gasteiger partial charge is 0.310 e. The second-order valence-corrected chi connectivity index (χ2v) is 4.36. The fourth-order valence-corrected chi connectivity index (χ4v) is 2.03. The standard InChI is InChI=1S/C14H18N2O.H2S/c1-9-5-12(8-15)6-10(2)13(9)7-14(16-4)11(3)17;/h5-6,14,16H,7H2,1-4H3;1H2/t14-;/m0./s1. The van der Waals surface area contributed by atoms with Crippen molar-refractivity contribution >= 4 is 19.3 Å². The number of rotatable bonds is 4. The quantitative estimate of drug-likeness (QED) is 0.905. The zero-order valence-corrected chi connectivity index (χ0v) is 12.3. The molecule has 1 N–H and O–H groups in total. The summed E-state index contributed by atoms with van der Waals surface area (Å²) in [4.78, 5) is 11.4. The number of benzene rings is 1. The molecule has 3 nitrogen and oxygen atoms in total. The van der Waals surface area contributed by atoms with Crippen LogP contribution in [0.1, 0.15) is 29.2 Å². The van der Waals surface area contributed by atoms with Crippen LogP contribution in [0.4, 0.5) is 0 Å². The molecule has 4 heteroatoms. The van der Waals surface area contributed by atoms with Crippen LogP contribution in [0.5, 0.6) is 0 Å². The van der Waals surface area contributed by atoms with E-state index in [2.05, 4.69) is 11.4 Å². The molecule has 98 valence electrons. The second-order valence-electron chi connectivity index (χ2n) is 4.36. The minimum absolute atomic E-state index is 0. The molecule has 18 heavy (non-hydrogen) atoms. The molecular weight excluding hydrogens is 244 g/mol. The number of ketones is 1. The van der Waals surface area contributed by atoms with Crippen molar-refractivity contribution in [1.82, 2.24) is 5.32 Å². The molecule has 0 saturated carbocycles. The number of hydrogen-bond acceptors (Lipinski definition) is 3. The molecule has 0 radical (unpaired) electrons. The van der Waals surface area contributed by atoms with Gasteiger partial charge in [0.1, 0.15) is 5.78 Å². The third-order valence-electron chi connectivity index (χ3n) is 3.07. The van der Waals surface area contributed by atoms with Crippen molar-refractivity contribution in [2.75, 3.05) is 7.05 Å². The fourth-order valence-electron chi connectivity index (χ4n) is 2.03. The van der Waals surface area contributed by atoms with Gasteiger partial charge < -0.3 is 5.32 Å². The van der Waals surface area contributed by atoms with Crippen LogP contribution < -0.4 is 5.32 Å². The van der Waals surface area contributed by atoms with Gasteiger partial charge in [-0.25, -0.2) is 0 Å². The predicted octanol–water partition coefficient (Wildman–Crippen LogP) is 2.01. The highest BCUT2D eigenvalue weighted by Gasteiger charge is 2.15. The number of hydrogen-bond donors (Lipinski definition) is 1. The van der Waals surface area contributed by atoms with Gasteiger partial charge in [0, 0.05) is 0 Å². The van der Waals surface area contributed by atoms with E-state index in [1.807, 2.05) is 26.0 Å². The maximum atomic E-state index is 11.4. The monoisotopic (exact) mass is 264 g/mol. The van der Waals surface area contributed by atoms with E-state index >= 15 is 0 Å². The van der Waals surface area contributed by atoms with Crippen LogP contribution in [-0.2, 0) is 11.2 Å². The number of aryl methyl sites for hydroxylation is 2. The Balaban J connectivity index is 0.00000289. The van der Waals surface area contributed by atoms with Crippen LogP contribution in [0, 0.1) is 25.2 Å². The zero-order valence-electron chi connectivity index (χ0n) is 11.3. The highest BCUT2D eigenvalue weighted by molar-refractivity contribution is 7.59. The van der Waals surface area contributed by atoms with Crippen LogP contribution in [0.25, 0.3) is 0 Å². The molecule has 0 saturated heterocycles. The lowest BCUT2D eigenvalue weighted by atomic mass is 9.93. The first-order valence-electron chi connectivity index (χ1n) is 5.67. The minimum Gasteiger partial charge on any atom is -0.310 e. The van der Waals surface area contributed by atoms with Crippen molar-refractivity contribution in [2.45, 2.75) is 33.2 Å². The van der Waals surface area contributed by atoms with Gasteiger partial charge in [0.2, 0.25) is 0 Å². The lowest BCUT2D eigenvalue weighted by Crippen LogP contribution is -2.34. The molecule has 0 aromatic heterocycles. The summed E-state index contributed by atoms with van der Waals surface area (Å²) in [6, 6.07) is 5.73. The van der Waals surface area contributed by atoms with Gasteiger partial charge in [-0.3, -0.25) is 4.79 Å². The molecule has 1 atom stereocenters. The van der Waals surface area contributed by atoms with Gasteiger partial charge in [-0.2, -0.15) is 18.8 Å². The number of nitrogens with zero attached hydrogens (tertiary/aromatic N) is 1. The van der Waals surface area contributed by atoms with Gasteiger partial charge in [0.05, 0.1) is 17.7 Å². The van der Waals surface area contributed by atoms with Crippen LogP contribution in [0.15, 0.2) is 12.1 Å². The maximum absolute atomic E-state index is 11.4. The normalized spacial score (nSPS) is 11.3. The highest BCUT2D eigenvalue weighted by atomic mass is 32.1. The number of carbonyl (C=O) groups is 1. The Labute approximate surface area is 116 Å². The summed E-state index contributed by atoms with van der Waals surface area (Å²) in [5.41, 5.74) is 3.97. The van der Waals surface area contributed by atoms with Gasteiger partial charge in [-0.1, -0.05) is 0 Å². The molecule has 0 spiro atoms. The summed E-state index contributed by atoms with van der Waals surface area (Å²) in [6.07, 6.45) is 0.676. The first-order chi connectivity index (χ1) is 7.99. The van der Waals surface area contributed by atoms with Gasteiger partial charge in [0.15, 0.2) is 0 Å². The van der Waals surface area contributed by atoms with E-state index in [9.17, 15) is 4.79 Å². The SMILES string of the molecule is CN[C@@H](Cc1c(C)cc(C#N)cc1C)C(C)=O.S. The van der Waals surface area contributed by atoms with E-state index in [0.717, 1.165) is 16.7 Å². The predicted molar refractivity (Wildman–Crippen MR) is 78.2 cm³/mol. The third-order valence-corrected chi connectivity index (χ3v) is 3.07. The van der Waals surface area contributed by atoms with E-state index < -0.39 is 0 Å². The van der Waals surface area contributed by atoms with Crippen LogP contribution in [-0.4, -0.2) is 18.9 Å². The number of nitriles is 1. The first kappa shape index (κ1) is 16.7. The average Bonchev–Trinajstić information content (AvgIpc) is 2.27. The van der Waals surface area contributed by atoms with Crippen molar-refractivity contribution in [3.8, 4) is 6.07 Å². The summed E-state index contributed by atoms with van der Waals surface area (Å²) in [7, 11) is 1.79. The van der Waals surface area contributed by atoms with Crippen LogP contribution in [0.2, 0.25) is 0 Å². The summed E-state index contributed by atoms with van der Waals surface area (Å²) >= 11 is 0. The summed E-state index contributed by atoms with van der Waals surface area (Å²) in [5, 5.41) is 11.9. The molecule has 0 fully saturated rings. The molecule has 1 rings (SSSR count). The maximum Gasteiger partial charge on any atom is 0.147 e. The molecule has 0 aliphatic rings. The molecule has 1 aromatic carbocycles. The molecule has 0 aliphatic heterocycles. The lowest BCUT2D eigenvalue weighted by Gasteiger charge is -2.16.